The van der Waals surface area contributed by atoms with Crippen molar-refractivity contribution in [2.45, 2.75) is 56.7 Å². The molecule has 0 bridgehead atoms. The van der Waals surface area contributed by atoms with E-state index < -0.39 is 15.7 Å². The number of nitrogens with zero attached hydrogens (tertiary/aromatic N) is 1. The third-order valence-corrected chi connectivity index (χ3v) is 6.14. The van der Waals surface area contributed by atoms with E-state index in [4.69, 9.17) is 0 Å². The van der Waals surface area contributed by atoms with Crippen LogP contribution in [-0.2, 0) is 14.8 Å². The van der Waals surface area contributed by atoms with Gasteiger partial charge in [-0.25, -0.2) is 17.5 Å². The molecule has 0 unspecified atom stereocenters. The van der Waals surface area contributed by atoms with E-state index >= 15 is 0 Å². The lowest BCUT2D eigenvalue weighted by Gasteiger charge is -2.53. The van der Waals surface area contributed by atoms with Gasteiger partial charge in [0.25, 0.3) is 5.91 Å². The molecule has 0 aromatic carbocycles. The number of hydrogen-bond acceptors (Lipinski definition) is 3. The quantitative estimate of drug-likeness (QED) is 0.850. The molecule has 120 valence electrons. The minimum atomic E-state index is -3.14. The van der Waals surface area contributed by atoms with E-state index in [9.17, 15) is 17.6 Å². The minimum Gasteiger partial charge on any atom is -0.340 e. The SMILES string of the molecule is CS(=O)(=O)NC1CC2(CCN(C(=O)C3(F)CCC3)CC2)C1. The predicted octanol–water partition coefficient (Wildman–Crippen LogP) is 1.20. The summed E-state index contributed by atoms with van der Waals surface area (Å²) in [6.45, 7) is 1.21. The van der Waals surface area contributed by atoms with Crippen molar-refractivity contribution in [1.82, 2.24) is 9.62 Å². The lowest BCUT2D eigenvalue weighted by atomic mass is 9.60. The maximum absolute atomic E-state index is 14.2. The Kier molecular flexibility index (Phi) is 3.56. The van der Waals surface area contributed by atoms with Gasteiger partial charge in [0.05, 0.1) is 6.26 Å². The fraction of sp³-hybridized carbons (Fsp3) is 0.929. The fourth-order valence-electron chi connectivity index (χ4n) is 3.95. The lowest BCUT2D eigenvalue weighted by Crippen LogP contribution is -2.58. The van der Waals surface area contributed by atoms with E-state index in [2.05, 4.69) is 4.72 Å². The van der Waals surface area contributed by atoms with Crippen molar-refractivity contribution < 1.29 is 17.6 Å². The molecular weight excluding hydrogens is 295 g/mol. The molecule has 1 heterocycles. The molecule has 2 saturated carbocycles. The second-order valence-electron chi connectivity index (χ2n) is 7.11. The Morgan fingerprint density at radius 2 is 1.76 bits per heavy atom. The molecule has 2 aliphatic carbocycles. The van der Waals surface area contributed by atoms with Gasteiger partial charge in [0.2, 0.25) is 10.0 Å². The predicted molar refractivity (Wildman–Crippen MR) is 76.9 cm³/mol. The standard InChI is InChI=1S/C14H23FN2O3S/c1-21(19,20)16-11-9-13(10-11)5-7-17(8-6-13)12(18)14(15)3-2-4-14/h11,16H,2-10H2,1H3. The molecule has 1 N–H and O–H groups in total. The summed E-state index contributed by atoms with van der Waals surface area (Å²) < 4.78 is 39.2. The van der Waals surface area contributed by atoms with Crippen LogP contribution in [0, 0.1) is 5.41 Å². The molecule has 3 fully saturated rings. The number of hydrogen-bond donors (Lipinski definition) is 1. The van der Waals surface area contributed by atoms with E-state index in [0.717, 1.165) is 32.1 Å². The molecule has 3 aliphatic rings. The lowest BCUT2D eigenvalue weighted by molar-refractivity contribution is -0.153. The second kappa shape index (κ2) is 4.91. The number of nitrogens with one attached hydrogen (secondary N) is 1. The van der Waals surface area contributed by atoms with Crippen molar-refractivity contribution in [1.29, 1.82) is 0 Å². The smallest absolute Gasteiger partial charge is 0.260 e. The number of likely N-dealkylation sites (tertiary alicyclic amines) is 1. The Labute approximate surface area is 125 Å². The topological polar surface area (TPSA) is 66.5 Å². The minimum absolute atomic E-state index is 0.0291. The van der Waals surface area contributed by atoms with Gasteiger partial charge in [-0.05, 0) is 50.4 Å². The molecule has 21 heavy (non-hydrogen) atoms. The molecular formula is C14H23FN2O3S. The molecule has 0 aromatic rings. The van der Waals surface area contributed by atoms with Crippen LogP contribution >= 0.6 is 0 Å². The molecule has 0 radical (unpaired) electrons. The summed E-state index contributed by atoms with van der Waals surface area (Å²) in [5.41, 5.74) is -1.44. The number of amides is 1. The van der Waals surface area contributed by atoms with Gasteiger partial charge in [-0.3, -0.25) is 4.79 Å². The number of piperidine rings is 1. The van der Waals surface area contributed by atoms with E-state index in [1.165, 1.54) is 6.26 Å². The summed E-state index contributed by atoms with van der Waals surface area (Å²) in [5, 5.41) is 0. The van der Waals surface area contributed by atoms with Gasteiger partial charge in [-0.1, -0.05) is 0 Å². The highest BCUT2D eigenvalue weighted by atomic mass is 32.2. The first kappa shape index (κ1) is 15.2. The van der Waals surface area contributed by atoms with E-state index in [0.29, 0.717) is 25.9 Å². The van der Waals surface area contributed by atoms with Crippen molar-refractivity contribution in [2.24, 2.45) is 5.41 Å². The van der Waals surface area contributed by atoms with Gasteiger partial charge in [-0.2, -0.15) is 0 Å². The highest BCUT2D eigenvalue weighted by Gasteiger charge is 2.51. The van der Waals surface area contributed by atoms with E-state index in [1.54, 1.807) is 4.90 Å². The van der Waals surface area contributed by atoms with Crippen molar-refractivity contribution in [2.75, 3.05) is 19.3 Å². The number of carbonyl (C=O) groups is 1. The number of carbonyl (C=O) groups excluding carboxylic acids is 1. The van der Waals surface area contributed by atoms with Gasteiger partial charge in [0.15, 0.2) is 5.67 Å². The Morgan fingerprint density at radius 3 is 2.19 bits per heavy atom. The zero-order chi connectivity index (χ0) is 15.3. The van der Waals surface area contributed by atoms with Crippen LogP contribution in [0.25, 0.3) is 0 Å². The first-order valence-electron chi connectivity index (χ1n) is 7.67. The molecule has 1 spiro atoms. The largest absolute Gasteiger partial charge is 0.340 e. The summed E-state index contributed by atoms with van der Waals surface area (Å²) in [6, 6.07) is 0.0291. The molecule has 0 atom stereocenters. The maximum atomic E-state index is 14.2. The zero-order valence-corrected chi connectivity index (χ0v) is 13.2. The van der Waals surface area contributed by atoms with Crippen LogP contribution in [0.1, 0.15) is 44.9 Å². The molecule has 0 aromatic heterocycles. The van der Waals surface area contributed by atoms with E-state index in [-0.39, 0.29) is 17.4 Å². The van der Waals surface area contributed by atoms with Crippen LogP contribution in [0.4, 0.5) is 4.39 Å². The van der Waals surface area contributed by atoms with Crippen LogP contribution in [0.3, 0.4) is 0 Å². The summed E-state index contributed by atoms with van der Waals surface area (Å²) in [6.07, 6.45) is 6.11. The van der Waals surface area contributed by atoms with Crippen LogP contribution in [0.2, 0.25) is 0 Å². The number of halogens is 1. The average Bonchev–Trinajstić information content (AvgIpc) is 2.32. The molecule has 5 nitrogen and oxygen atoms in total. The van der Waals surface area contributed by atoms with Crippen molar-refractivity contribution in [3.8, 4) is 0 Å². The summed E-state index contributed by atoms with van der Waals surface area (Å²) >= 11 is 0. The molecule has 1 amide bonds. The van der Waals surface area contributed by atoms with Gasteiger partial charge >= 0.3 is 0 Å². The van der Waals surface area contributed by atoms with Crippen LogP contribution in [0.5, 0.6) is 0 Å². The zero-order valence-electron chi connectivity index (χ0n) is 12.4. The Balaban J connectivity index is 1.49. The summed E-state index contributed by atoms with van der Waals surface area (Å²) in [7, 11) is -3.14. The molecule has 7 heteroatoms. The molecule has 1 aliphatic heterocycles. The number of sulfonamides is 1. The molecule has 3 rings (SSSR count). The highest BCUT2D eigenvalue weighted by molar-refractivity contribution is 7.88. The van der Waals surface area contributed by atoms with Crippen molar-refractivity contribution in [3.05, 3.63) is 0 Å². The Bertz CT molecular complexity index is 528. The molecule has 1 saturated heterocycles. The Hall–Kier alpha value is -0.690. The monoisotopic (exact) mass is 318 g/mol. The van der Waals surface area contributed by atoms with Gasteiger partial charge in [-0.15, -0.1) is 0 Å². The average molecular weight is 318 g/mol. The van der Waals surface area contributed by atoms with Crippen LogP contribution < -0.4 is 4.72 Å². The number of rotatable bonds is 3. The van der Waals surface area contributed by atoms with Crippen LogP contribution in [-0.4, -0.2) is 50.3 Å². The van der Waals surface area contributed by atoms with Crippen LogP contribution in [0.15, 0.2) is 0 Å². The summed E-state index contributed by atoms with van der Waals surface area (Å²) in [5.74, 6) is -0.325. The Morgan fingerprint density at radius 1 is 1.19 bits per heavy atom. The highest BCUT2D eigenvalue weighted by Crippen LogP contribution is 2.50. The van der Waals surface area contributed by atoms with Gasteiger partial charge < -0.3 is 4.90 Å². The third-order valence-electron chi connectivity index (χ3n) is 5.38. The summed E-state index contributed by atoms with van der Waals surface area (Å²) in [4.78, 5) is 13.8. The first-order valence-corrected chi connectivity index (χ1v) is 9.56. The third kappa shape index (κ3) is 2.95. The second-order valence-corrected chi connectivity index (χ2v) is 8.89. The maximum Gasteiger partial charge on any atom is 0.260 e. The number of alkyl halides is 1. The van der Waals surface area contributed by atoms with Gasteiger partial charge in [0.1, 0.15) is 0 Å². The first-order chi connectivity index (χ1) is 9.72. The van der Waals surface area contributed by atoms with Gasteiger partial charge in [0, 0.05) is 19.1 Å². The van der Waals surface area contributed by atoms with E-state index in [1.807, 2.05) is 0 Å². The van der Waals surface area contributed by atoms with Crippen molar-refractivity contribution in [3.63, 3.8) is 0 Å². The normalized spacial score (nSPS) is 28.0. The van der Waals surface area contributed by atoms with Crippen molar-refractivity contribution >= 4 is 15.9 Å². The fourth-order valence-corrected chi connectivity index (χ4v) is 4.72.